The summed E-state index contributed by atoms with van der Waals surface area (Å²) in [6, 6.07) is 0. The lowest BCUT2D eigenvalue weighted by Crippen LogP contribution is -2.59. The van der Waals surface area contributed by atoms with E-state index >= 15 is 0 Å². The van der Waals surface area contributed by atoms with Gasteiger partial charge in [0.15, 0.2) is 0 Å². The average molecular weight is 330 g/mol. The van der Waals surface area contributed by atoms with Gasteiger partial charge >= 0.3 is 0 Å². The zero-order valence-corrected chi connectivity index (χ0v) is 14.8. The van der Waals surface area contributed by atoms with Crippen LogP contribution in [-0.4, -0.2) is 27.0 Å². The molecular weight excluding hydrogens is 300 g/mol. The Labute approximate surface area is 145 Å². The van der Waals surface area contributed by atoms with Crippen LogP contribution < -0.4 is 0 Å². The summed E-state index contributed by atoms with van der Waals surface area (Å²) >= 11 is 0. The highest BCUT2D eigenvalue weighted by Gasteiger charge is 2.65. The van der Waals surface area contributed by atoms with Crippen LogP contribution in [0.5, 0.6) is 0 Å². The molecule has 24 heavy (non-hydrogen) atoms. The molecule has 0 unspecified atom stereocenters. The number of aliphatic hydroxyl groups excluding tert-OH is 2. The molecule has 132 valence electrons. The third-order valence-corrected chi connectivity index (χ3v) is 8.67. The summed E-state index contributed by atoms with van der Waals surface area (Å²) in [6.45, 7) is 4.50. The van der Waals surface area contributed by atoms with Crippen molar-refractivity contribution in [3.8, 4) is 12.3 Å². The molecule has 3 saturated carbocycles. The van der Waals surface area contributed by atoms with Crippen LogP contribution in [-0.2, 0) is 0 Å². The number of fused-ring (bicyclic) bond motifs is 5. The predicted octanol–water partition coefficient (Wildman–Crippen LogP) is 3.42. The molecule has 3 nitrogen and oxygen atoms in total. The summed E-state index contributed by atoms with van der Waals surface area (Å²) in [7, 11) is 0. The number of terminal acetylenes is 1. The second kappa shape index (κ2) is 5.02. The molecular formula is C21H30O3. The Morgan fingerprint density at radius 1 is 1.17 bits per heavy atom. The van der Waals surface area contributed by atoms with Crippen molar-refractivity contribution in [3.63, 3.8) is 0 Å². The Morgan fingerprint density at radius 2 is 1.88 bits per heavy atom. The maximum Gasteiger partial charge on any atom is 0.130 e. The Kier molecular flexibility index (Phi) is 3.45. The van der Waals surface area contributed by atoms with Crippen molar-refractivity contribution in [2.45, 2.75) is 70.5 Å². The minimum Gasteiger partial charge on any atom is -0.513 e. The van der Waals surface area contributed by atoms with Gasteiger partial charge in [-0.25, -0.2) is 0 Å². The number of hydrogen-bond donors (Lipinski definition) is 3. The fourth-order valence-corrected chi connectivity index (χ4v) is 7.06. The van der Waals surface area contributed by atoms with Crippen LogP contribution in [0.1, 0.15) is 58.8 Å². The first kappa shape index (κ1) is 16.5. The Morgan fingerprint density at radius 3 is 2.58 bits per heavy atom. The topological polar surface area (TPSA) is 60.7 Å². The maximum absolute atomic E-state index is 11.0. The third kappa shape index (κ3) is 1.88. The molecule has 0 aromatic heterocycles. The van der Waals surface area contributed by atoms with Gasteiger partial charge in [0.2, 0.25) is 0 Å². The summed E-state index contributed by atoms with van der Waals surface area (Å²) < 4.78 is 0. The SMILES string of the molecule is C#C[C@]1(O)CC[C@H]2[C@@H]3[C@@H](O)C[C@H]4C=C(O)CC[C@]4(C)[C@H]3CC[C@@]21C. The maximum atomic E-state index is 11.0. The molecule has 0 amide bonds. The molecule has 4 aliphatic rings. The van der Waals surface area contributed by atoms with Crippen molar-refractivity contribution in [1.82, 2.24) is 0 Å². The standard InChI is InChI=1S/C21H30O3/c1-4-21(24)10-7-16-18-15(6-9-20(16,21)3)19(2)8-5-14(22)11-13(19)12-17(18)23/h1,11,13,15-18,22-24H,5-10,12H2,2-3H3/t13-,15+,16+,17+,18-,19+,20+,21+/m1/s1. The Balaban J connectivity index is 1.72. The van der Waals surface area contributed by atoms with Crippen molar-refractivity contribution < 1.29 is 15.3 Å². The van der Waals surface area contributed by atoms with Gasteiger partial charge in [0.1, 0.15) is 5.60 Å². The second-order valence-electron chi connectivity index (χ2n) is 9.36. The van der Waals surface area contributed by atoms with Crippen molar-refractivity contribution >= 4 is 0 Å². The molecule has 0 bridgehead atoms. The van der Waals surface area contributed by atoms with Crippen molar-refractivity contribution in [2.24, 2.45) is 34.5 Å². The van der Waals surface area contributed by atoms with Gasteiger partial charge in [-0.1, -0.05) is 19.8 Å². The minimum atomic E-state index is -1.02. The summed E-state index contributed by atoms with van der Waals surface area (Å²) in [5, 5.41) is 32.0. The molecule has 0 aromatic carbocycles. The molecule has 0 aliphatic heterocycles. The monoisotopic (exact) mass is 330 g/mol. The van der Waals surface area contributed by atoms with E-state index in [-0.39, 0.29) is 28.8 Å². The first-order valence-electron chi connectivity index (χ1n) is 9.53. The lowest BCUT2D eigenvalue weighted by molar-refractivity contribution is -0.164. The fraction of sp³-hybridized carbons (Fsp3) is 0.810. The smallest absolute Gasteiger partial charge is 0.130 e. The van der Waals surface area contributed by atoms with E-state index in [9.17, 15) is 15.3 Å². The molecule has 0 heterocycles. The van der Waals surface area contributed by atoms with Gasteiger partial charge in [0.25, 0.3) is 0 Å². The van der Waals surface area contributed by atoms with Gasteiger partial charge in [0.05, 0.1) is 11.9 Å². The quantitative estimate of drug-likeness (QED) is 0.597. The van der Waals surface area contributed by atoms with Crippen LogP contribution >= 0.6 is 0 Å². The average Bonchev–Trinajstić information content (AvgIpc) is 2.82. The number of aliphatic hydroxyl groups is 3. The molecule has 3 heteroatoms. The molecule has 3 N–H and O–H groups in total. The molecule has 4 rings (SSSR count). The summed E-state index contributed by atoms with van der Waals surface area (Å²) in [5.41, 5.74) is -1.15. The van der Waals surface area contributed by atoms with E-state index in [4.69, 9.17) is 6.42 Å². The van der Waals surface area contributed by atoms with Crippen LogP contribution in [0, 0.1) is 46.8 Å². The highest BCUT2D eigenvalue weighted by atomic mass is 16.3. The van der Waals surface area contributed by atoms with Gasteiger partial charge in [-0.2, -0.15) is 0 Å². The van der Waals surface area contributed by atoms with E-state index in [1.807, 2.05) is 6.08 Å². The summed E-state index contributed by atoms with van der Waals surface area (Å²) in [4.78, 5) is 0. The molecule has 0 aromatic rings. The molecule has 0 radical (unpaired) electrons. The fourth-order valence-electron chi connectivity index (χ4n) is 7.06. The van der Waals surface area contributed by atoms with Crippen molar-refractivity contribution in [1.29, 1.82) is 0 Å². The van der Waals surface area contributed by atoms with Crippen LogP contribution in [0.2, 0.25) is 0 Å². The first-order chi connectivity index (χ1) is 11.2. The zero-order chi connectivity index (χ0) is 17.3. The van der Waals surface area contributed by atoms with E-state index in [0.717, 1.165) is 38.5 Å². The number of rotatable bonds is 0. The highest BCUT2D eigenvalue weighted by molar-refractivity contribution is 5.25. The van der Waals surface area contributed by atoms with Gasteiger partial charge in [0, 0.05) is 11.8 Å². The second-order valence-corrected chi connectivity index (χ2v) is 9.36. The van der Waals surface area contributed by atoms with E-state index < -0.39 is 5.60 Å². The zero-order valence-electron chi connectivity index (χ0n) is 14.8. The Hall–Kier alpha value is -0.980. The minimum absolute atomic E-state index is 0.147. The molecule has 0 saturated heterocycles. The van der Waals surface area contributed by atoms with Crippen LogP contribution in [0.25, 0.3) is 0 Å². The number of allylic oxidation sites excluding steroid dienone is 2. The highest BCUT2D eigenvalue weighted by Crippen LogP contribution is 2.67. The van der Waals surface area contributed by atoms with Crippen molar-refractivity contribution in [3.05, 3.63) is 11.8 Å². The van der Waals surface area contributed by atoms with E-state index in [0.29, 0.717) is 24.0 Å². The summed E-state index contributed by atoms with van der Waals surface area (Å²) in [6.07, 6.45) is 13.3. The lowest BCUT2D eigenvalue weighted by Gasteiger charge is -2.61. The van der Waals surface area contributed by atoms with Gasteiger partial charge in [-0.3, -0.25) is 0 Å². The normalized spacial score (nSPS) is 56.5. The van der Waals surface area contributed by atoms with Crippen molar-refractivity contribution in [2.75, 3.05) is 0 Å². The summed E-state index contributed by atoms with van der Waals surface area (Å²) in [5.74, 6) is 4.42. The van der Waals surface area contributed by atoms with Crippen LogP contribution in [0.4, 0.5) is 0 Å². The molecule has 0 spiro atoms. The molecule has 4 aliphatic carbocycles. The van der Waals surface area contributed by atoms with Gasteiger partial charge < -0.3 is 15.3 Å². The van der Waals surface area contributed by atoms with Gasteiger partial charge in [-0.15, -0.1) is 6.42 Å². The predicted molar refractivity (Wildman–Crippen MR) is 93.0 cm³/mol. The molecule has 3 fully saturated rings. The van der Waals surface area contributed by atoms with E-state index in [1.54, 1.807) is 0 Å². The van der Waals surface area contributed by atoms with E-state index in [2.05, 4.69) is 19.8 Å². The Bertz CT molecular complexity index is 619. The first-order valence-corrected chi connectivity index (χ1v) is 9.53. The third-order valence-electron chi connectivity index (χ3n) is 8.67. The molecule has 8 atom stereocenters. The largest absolute Gasteiger partial charge is 0.513 e. The number of hydrogen-bond acceptors (Lipinski definition) is 3. The lowest BCUT2D eigenvalue weighted by atomic mass is 9.44. The van der Waals surface area contributed by atoms with Crippen LogP contribution in [0.3, 0.4) is 0 Å². The van der Waals surface area contributed by atoms with Gasteiger partial charge in [-0.05, 0) is 73.7 Å². The van der Waals surface area contributed by atoms with Crippen LogP contribution in [0.15, 0.2) is 11.8 Å². The van der Waals surface area contributed by atoms with E-state index in [1.165, 1.54) is 0 Å².